The summed E-state index contributed by atoms with van der Waals surface area (Å²) in [6.45, 7) is 2.23. The molecule has 1 saturated carbocycles. The molecule has 2 heterocycles. The second-order valence-corrected chi connectivity index (χ2v) is 13.8. The number of aromatic hydroxyl groups is 1. The minimum absolute atomic E-state index is 0.0398. The molecular weight excluding hydrogens is 669 g/mol. The second kappa shape index (κ2) is 12.4. The maximum Gasteiger partial charge on any atom is 0.260 e. The van der Waals surface area contributed by atoms with Gasteiger partial charge in [0, 0.05) is 29.1 Å². The highest BCUT2D eigenvalue weighted by atomic mass is 35.5. The highest BCUT2D eigenvalue weighted by molar-refractivity contribution is 6.36. The van der Waals surface area contributed by atoms with Gasteiger partial charge in [-0.25, -0.2) is 0 Å². The third kappa shape index (κ3) is 4.90. The largest absolute Gasteiger partial charge is 0.508 e. The van der Waals surface area contributed by atoms with Gasteiger partial charge in [-0.3, -0.25) is 29.5 Å². The van der Waals surface area contributed by atoms with E-state index in [9.17, 15) is 19.5 Å². The quantitative estimate of drug-likeness (QED) is 0.213. The molecule has 6 unspecified atom stereocenters. The lowest BCUT2D eigenvalue weighted by Crippen LogP contribution is -2.53. The van der Waals surface area contributed by atoms with Gasteiger partial charge in [-0.05, 0) is 67.1 Å². The molecule has 6 atom stereocenters. The highest BCUT2D eigenvalue weighted by Gasteiger charge is 2.70. The normalized spacial score (nSPS) is 27.4. The fraction of sp³-hybridized carbons (Fsp3) is 0.351. The van der Waals surface area contributed by atoms with E-state index >= 15 is 4.79 Å². The van der Waals surface area contributed by atoms with Crippen molar-refractivity contribution in [2.24, 2.45) is 23.7 Å². The van der Waals surface area contributed by atoms with E-state index in [1.807, 2.05) is 13.0 Å². The zero-order valence-electron chi connectivity index (χ0n) is 27.1. The Morgan fingerprint density at radius 3 is 2.35 bits per heavy atom. The summed E-state index contributed by atoms with van der Waals surface area (Å²) in [5.41, 5.74) is 3.65. The Morgan fingerprint density at radius 2 is 1.67 bits per heavy atom. The summed E-state index contributed by atoms with van der Waals surface area (Å²) in [6.07, 6.45) is 3.06. The summed E-state index contributed by atoms with van der Waals surface area (Å²) in [5.74, 6) is -4.20. The Morgan fingerprint density at radius 1 is 0.918 bits per heavy atom. The first kappa shape index (κ1) is 33.0. The molecule has 2 saturated heterocycles. The zero-order valence-corrected chi connectivity index (χ0v) is 28.6. The number of phenolic OH excluding ortho intramolecular Hbond substituents is 1. The summed E-state index contributed by atoms with van der Waals surface area (Å²) in [7, 11) is 3.02. The number of nitrogens with one attached hydrogen (secondary N) is 1. The van der Waals surface area contributed by atoms with Crippen LogP contribution in [0.5, 0.6) is 17.2 Å². The SMILES string of the molecule is CCCN1C(=O)C2CC=C3C(CC4C(=O)N(Nc5ccc(Cl)cc5Cl)C(=O)C4(c4ccc(OC)cc4)C3c3ccc(O)cc3OC)C2C1=O. The number of halogens is 2. The first-order chi connectivity index (χ1) is 23.6. The number of methoxy groups -OCH3 is 2. The zero-order chi connectivity index (χ0) is 34.8. The van der Waals surface area contributed by atoms with Crippen molar-refractivity contribution in [1.29, 1.82) is 0 Å². The average Bonchev–Trinajstić information content (AvgIpc) is 3.46. The molecule has 7 rings (SSSR count). The molecule has 0 spiro atoms. The van der Waals surface area contributed by atoms with Crippen molar-refractivity contribution in [2.45, 2.75) is 37.5 Å². The maximum absolute atomic E-state index is 15.3. The molecule has 49 heavy (non-hydrogen) atoms. The molecule has 3 fully saturated rings. The van der Waals surface area contributed by atoms with Gasteiger partial charge >= 0.3 is 0 Å². The van der Waals surface area contributed by atoms with Gasteiger partial charge in [-0.2, -0.15) is 5.01 Å². The van der Waals surface area contributed by atoms with Gasteiger partial charge in [0.25, 0.3) is 11.8 Å². The van der Waals surface area contributed by atoms with Crippen LogP contribution in [-0.4, -0.2) is 59.4 Å². The lowest BCUT2D eigenvalue weighted by molar-refractivity contribution is -0.141. The number of nitrogens with zero attached hydrogens (tertiary/aromatic N) is 2. The smallest absolute Gasteiger partial charge is 0.260 e. The van der Waals surface area contributed by atoms with Crippen LogP contribution in [0.1, 0.15) is 43.2 Å². The molecule has 3 aromatic rings. The van der Waals surface area contributed by atoms with Crippen molar-refractivity contribution in [2.75, 3.05) is 26.2 Å². The van der Waals surface area contributed by atoms with Gasteiger partial charge in [0.1, 0.15) is 17.2 Å². The van der Waals surface area contributed by atoms with Crippen LogP contribution in [0.3, 0.4) is 0 Å². The number of phenols is 1. The number of anilines is 1. The van der Waals surface area contributed by atoms with Gasteiger partial charge in [0.15, 0.2) is 0 Å². The fourth-order valence-electron chi connectivity index (χ4n) is 8.64. The number of allylic oxidation sites excluding steroid dienone is 2. The van der Waals surface area contributed by atoms with Crippen molar-refractivity contribution in [1.82, 2.24) is 9.91 Å². The Hall–Kier alpha value is -4.54. The van der Waals surface area contributed by atoms with Crippen LogP contribution in [0.4, 0.5) is 5.69 Å². The van der Waals surface area contributed by atoms with E-state index in [0.717, 1.165) is 10.6 Å². The van der Waals surface area contributed by atoms with Crippen LogP contribution in [0.2, 0.25) is 10.0 Å². The predicted molar refractivity (Wildman–Crippen MR) is 182 cm³/mol. The maximum atomic E-state index is 15.3. The number of rotatable bonds is 8. The molecule has 12 heteroatoms. The van der Waals surface area contributed by atoms with E-state index in [-0.39, 0.29) is 29.0 Å². The first-order valence-corrected chi connectivity index (χ1v) is 17.0. The number of hydrazine groups is 1. The summed E-state index contributed by atoms with van der Waals surface area (Å²) < 4.78 is 11.3. The molecule has 2 aliphatic heterocycles. The van der Waals surface area contributed by atoms with Crippen molar-refractivity contribution < 1.29 is 33.8 Å². The summed E-state index contributed by atoms with van der Waals surface area (Å²) in [6, 6.07) is 16.5. The number of likely N-dealkylation sites (tertiary alicyclic amines) is 1. The molecular formula is C37H35Cl2N3O7. The van der Waals surface area contributed by atoms with Crippen molar-refractivity contribution in [3.63, 3.8) is 0 Å². The summed E-state index contributed by atoms with van der Waals surface area (Å²) in [5, 5.41) is 12.1. The van der Waals surface area contributed by atoms with E-state index in [1.165, 1.54) is 30.2 Å². The topological polar surface area (TPSA) is 125 Å². The van der Waals surface area contributed by atoms with Gasteiger partial charge < -0.3 is 14.6 Å². The minimum Gasteiger partial charge on any atom is -0.508 e. The molecule has 3 aromatic carbocycles. The second-order valence-electron chi connectivity index (χ2n) is 13.0. The van der Waals surface area contributed by atoms with Crippen molar-refractivity contribution in [3.8, 4) is 17.2 Å². The monoisotopic (exact) mass is 703 g/mol. The standard InChI is InChI=1S/C37H35Cl2N3O7/c1-4-15-41-33(44)25-13-12-23-26(31(25)35(41)46)18-27-34(45)42(40-29-14-7-20(38)16-28(29)39)36(47)37(27,19-5-9-22(48-2)10-6-19)32(23)24-11-8-21(43)17-30(24)49-3/h5-12,14,16-17,25-27,31-32,40,43H,4,13,15,18H2,1-3H3. The molecule has 10 nitrogen and oxygen atoms in total. The highest BCUT2D eigenvalue weighted by Crippen LogP contribution is 2.65. The lowest BCUT2D eigenvalue weighted by atomic mass is 9.49. The van der Waals surface area contributed by atoms with Crippen LogP contribution < -0.4 is 14.9 Å². The Kier molecular flexibility index (Phi) is 8.35. The fourth-order valence-corrected chi connectivity index (χ4v) is 9.09. The van der Waals surface area contributed by atoms with Crippen molar-refractivity contribution in [3.05, 3.63) is 93.5 Å². The average molecular weight is 705 g/mol. The predicted octanol–water partition coefficient (Wildman–Crippen LogP) is 6.11. The Labute approximate surface area is 293 Å². The van der Waals surface area contributed by atoms with Crippen LogP contribution in [-0.2, 0) is 24.6 Å². The molecule has 0 aromatic heterocycles. The van der Waals surface area contributed by atoms with Gasteiger partial charge in [-0.15, -0.1) is 0 Å². The van der Waals surface area contributed by atoms with E-state index in [1.54, 1.807) is 49.6 Å². The number of ether oxygens (including phenoxy) is 2. The Bertz CT molecular complexity index is 1910. The number of hydrogen-bond donors (Lipinski definition) is 2. The number of carbonyl (C=O) groups excluding carboxylic acids is 4. The number of carbonyl (C=O) groups is 4. The van der Waals surface area contributed by atoms with E-state index < -0.39 is 46.8 Å². The van der Waals surface area contributed by atoms with Gasteiger partial charge in [0.2, 0.25) is 11.8 Å². The van der Waals surface area contributed by atoms with E-state index in [2.05, 4.69) is 5.43 Å². The number of hydrogen-bond acceptors (Lipinski definition) is 8. The molecule has 2 N–H and O–H groups in total. The number of amides is 4. The van der Waals surface area contributed by atoms with Gasteiger partial charge in [-0.1, -0.05) is 60.0 Å². The molecule has 0 radical (unpaired) electrons. The molecule has 2 aliphatic carbocycles. The number of benzene rings is 3. The van der Waals surface area contributed by atoms with Crippen LogP contribution in [0, 0.1) is 23.7 Å². The number of fused-ring (bicyclic) bond motifs is 4. The number of imide groups is 2. The molecule has 254 valence electrons. The third-order valence-corrected chi connectivity index (χ3v) is 11.2. The summed E-state index contributed by atoms with van der Waals surface area (Å²) in [4.78, 5) is 59.1. The molecule has 4 amide bonds. The lowest BCUT2D eigenvalue weighted by Gasteiger charge is -2.50. The molecule has 0 bridgehead atoms. The van der Waals surface area contributed by atoms with Gasteiger partial charge in [0.05, 0.1) is 48.1 Å². The Balaban J connectivity index is 1.48. The first-order valence-electron chi connectivity index (χ1n) is 16.2. The molecule has 4 aliphatic rings. The van der Waals surface area contributed by atoms with Crippen LogP contribution >= 0.6 is 23.2 Å². The summed E-state index contributed by atoms with van der Waals surface area (Å²) >= 11 is 12.7. The third-order valence-electron chi connectivity index (χ3n) is 10.6. The van der Waals surface area contributed by atoms with Crippen molar-refractivity contribution >= 4 is 52.5 Å². The van der Waals surface area contributed by atoms with Crippen LogP contribution in [0.25, 0.3) is 0 Å². The van der Waals surface area contributed by atoms with Crippen LogP contribution in [0.15, 0.2) is 72.3 Å². The minimum atomic E-state index is -1.54. The van der Waals surface area contributed by atoms with E-state index in [4.69, 9.17) is 32.7 Å². The van der Waals surface area contributed by atoms with E-state index in [0.29, 0.717) is 52.7 Å².